The molecule has 0 aliphatic rings. The van der Waals surface area contributed by atoms with Gasteiger partial charge in [0, 0.05) is 42.1 Å². The molecule has 7 nitrogen and oxygen atoms in total. The number of nitrogens with one attached hydrogen (secondary N) is 2. The predicted molar refractivity (Wildman–Crippen MR) is 104 cm³/mol. The number of nitrogens with zero attached hydrogens (tertiary/aromatic N) is 3. The van der Waals surface area contributed by atoms with E-state index in [1.165, 1.54) is 6.40 Å². The van der Waals surface area contributed by atoms with Crippen LogP contribution in [0.1, 0.15) is 18.3 Å². The van der Waals surface area contributed by atoms with E-state index in [2.05, 4.69) is 20.6 Å². The number of aliphatic hydroxyl groups is 1. The molecular formula is C17H23Cl2N5O2. The summed E-state index contributed by atoms with van der Waals surface area (Å²) in [6.07, 6.45) is 4.50. The van der Waals surface area contributed by atoms with Crippen LogP contribution in [-0.4, -0.2) is 47.0 Å². The summed E-state index contributed by atoms with van der Waals surface area (Å²) >= 11 is 12.1. The number of halogens is 2. The van der Waals surface area contributed by atoms with Gasteiger partial charge in [-0.15, -0.1) is 0 Å². The maximum absolute atomic E-state index is 9.05. The van der Waals surface area contributed by atoms with Gasteiger partial charge in [-0.3, -0.25) is 10.6 Å². The van der Waals surface area contributed by atoms with Crippen LogP contribution in [0.15, 0.2) is 35.6 Å². The van der Waals surface area contributed by atoms with Gasteiger partial charge in [0.15, 0.2) is 6.40 Å². The van der Waals surface area contributed by atoms with Crippen LogP contribution < -0.4 is 10.6 Å². The van der Waals surface area contributed by atoms with Crippen LogP contribution in [0, 0.1) is 0 Å². The van der Waals surface area contributed by atoms with Crippen molar-refractivity contribution in [1.82, 2.24) is 20.2 Å². The first-order valence-corrected chi connectivity index (χ1v) is 8.97. The summed E-state index contributed by atoms with van der Waals surface area (Å²) in [7, 11) is 0. The predicted octanol–water partition coefficient (Wildman–Crippen LogP) is 2.26. The Balaban J connectivity index is 1.72. The highest BCUT2D eigenvalue weighted by Crippen LogP contribution is 2.20. The normalized spacial score (nSPS) is 12.6. The lowest BCUT2D eigenvalue weighted by Crippen LogP contribution is -2.33. The van der Waals surface area contributed by atoms with Gasteiger partial charge in [0.25, 0.3) is 0 Å². The molecule has 0 aliphatic heterocycles. The summed E-state index contributed by atoms with van der Waals surface area (Å²) in [6, 6.07) is 5.45. The molecule has 0 spiro atoms. The number of hydrogen-bond donors (Lipinski definition) is 3. The zero-order chi connectivity index (χ0) is 18.8. The van der Waals surface area contributed by atoms with Crippen molar-refractivity contribution in [3.8, 4) is 0 Å². The average Bonchev–Trinajstić information content (AvgIpc) is 2.99. The fourth-order valence-corrected chi connectivity index (χ4v) is 2.81. The molecular weight excluding hydrogens is 377 g/mol. The lowest BCUT2D eigenvalue weighted by Gasteiger charge is -2.09. The van der Waals surface area contributed by atoms with Gasteiger partial charge in [-0.1, -0.05) is 23.2 Å². The molecule has 9 heteroatoms. The lowest BCUT2D eigenvalue weighted by atomic mass is 10.2. The highest BCUT2D eigenvalue weighted by atomic mass is 35.5. The zero-order valence-corrected chi connectivity index (χ0v) is 16.0. The van der Waals surface area contributed by atoms with Crippen LogP contribution in [0.5, 0.6) is 0 Å². The second-order valence-corrected chi connectivity index (χ2v) is 6.51. The first-order valence-electron chi connectivity index (χ1n) is 8.21. The summed E-state index contributed by atoms with van der Waals surface area (Å²) in [6.45, 7) is 4.41. The number of imidazole rings is 1. The molecule has 0 amide bonds. The minimum absolute atomic E-state index is 0.314. The highest BCUT2D eigenvalue weighted by Gasteiger charge is 2.05. The summed E-state index contributed by atoms with van der Waals surface area (Å²) < 4.78 is 7.39. The van der Waals surface area contributed by atoms with Crippen molar-refractivity contribution in [2.45, 2.75) is 26.3 Å². The van der Waals surface area contributed by atoms with Gasteiger partial charge in [-0.05, 0) is 30.7 Å². The molecule has 0 radical (unpaired) electrons. The number of aromatic nitrogens is 2. The van der Waals surface area contributed by atoms with Crippen molar-refractivity contribution in [1.29, 1.82) is 0 Å². The van der Waals surface area contributed by atoms with Crippen LogP contribution in [0.25, 0.3) is 0 Å². The quantitative estimate of drug-likeness (QED) is 0.233. The third-order valence-electron chi connectivity index (χ3n) is 3.38. The SMILES string of the molecule is CC(O)NCCNC/N=C/OCc1nccn1Cc1cc(Cl)cc(Cl)c1. The van der Waals surface area contributed by atoms with E-state index in [0.717, 1.165) is 11.4 Å². The maximum Gasteiger partial charge on any atom is 0.171 e. The molecule has 1 aromatic carbocycles. The molecule has 0 bridgehead atoms. The molecule has 1 heterocycles. The number of rotatable bonds is 11. The fourth-order valence-electron chi connectivity index (χ4n) is 2.24. The summed E-state index contributed by atoms with van der Waals surface area (Å²) in [5.74, 6) is 0.779. The van der Waals surface area contributed by atoms with Crippen molar-refractivity contribution >= 4 is 29.6 Å². The molecule has 1 atom stereocenters. The Morgan fingerprint density at radius 1 is 1.31 bits per heavy atom. The minimum Gasteiger partial charge on any atom is -0.476 e. The Bertz CT molecular complexity index is 686. The topological polar surface area (TPSA) is 83.7 Å². The fraction of sp³-hybridized carbons (Fsp3) is 0.412. The molecule has 0 saturated carbocycles. The smallest absolute Gasteiger partial charge is 0.171 e. The second kappa shape index (κ2) is 11.2. The third-order valence-corrected chi connectivity index (χ3v) is 3.82. The average molecular weight is 400 g/mol. The van der Waals surface area contributed by atoms with Crippen LogP contribution >= 0.6 is 23.2 Å². The highest BCUT2D eigenvalue weighted by molar-refractivity contribution is 6.34. The number of ether oxygens (including phenoxy) is 1. The van der Waals surface area contributed by atoms with Gasteiger partial charge >= 0.3 is 0 Å². The van der Waals surface area contributed by atoms with Gasteiger partial charge in [-0.25, -0.2) is 9.98 Å². The first-order chi connectivity index (χ1) is 12.5. The molecule has 26 heavy (non-hydrogen) atoms. The van der Waals surface area contributed by atoms with Crippen molar-refractivity contribution in [3.05, 3.63) is 52.0 Å². The first kappa shape index (κ1) is 20.7. The van der Waals surface area contributed by atoms with E-state index in [1.807, 2.05) is 22.9 Å². The number of aliphatic imine (C=N–C) groups is 1. The Labute approximate surface area is 163 Å². The maximum atomic E-state index is 9.05. The largest absolute Gasteiger partial charge is 0.476 e. The van der Waals surface area contributed by atoms with E-state index in [1.54, 1.807) is 19.2 Å². The van der Waals surface area contributed by atoms with Crippen molar-refractivity contribution in [3.63, 3.8) is 0 Å². The summed E-state index contributed by atoms with van der Waals surface area (Å²) in [5, 5.41) is 16.2. The van der Waals surface area contributed by atoms with E-state index in [9.17, 15) is 0 Å². The third kappa shape index (κ3) is 7.72. The van der Waals surface area contributed by atoms with Crippen molar-refractivity contribution in [2.75, 3.05) is 19.8 Å². The number of hydrogen-bond acceptors (Lipinski definition) is 6. The summed E-state index contributed by atoms with van der Waals surface area (Å²) in [5.41, 5.74) is 0.991. The van der Waals surface area contributed by atoms with Gasteiger partial charge in [0.05, 0.1) is 6.67 Å². The molecule has 1 unspecified atom stereocenters. The van der Waals surface area contributed by atoms with E-state index in [4.69, 9.17) is 33.0 Å². The van der Waals surface area contributed by atoms with Crippen molar-refractivity contribution in [2.24, 2.45) is 4.99 Å². The molecule has 142 valence electrons. The molecule has 0 aliphatic carbocycles. The number of aliphatic hydroxyl groups excluding tert-OH is 1. The molecule has 1 aromatic heterocycles. The monoisotopic (exact) mass is 399 g/mol. The Morgan fingerprint density at radius 2 is 2.08 bits per heavy atom. The Kier molecular flexibility index (Phi) is 8.87. The Hall–Kier alpha value is -1.64. The summed E-state index contributed by atoms with van der Waals surface area (Å²) in [4.78, 5) is 8.40. The van der Waals surface area contributed by atoms with Gasteiger partial charge < -0.3 is 14.4 Å². The van der Waals surface area contributed by atoms with Gasteiger partial charge in [-0.2, -0.15) is 0 Å². The van der Waals surface area contributed by atoms with E-state index in [-0.39, 0.29) is 0 Å². The van der Waals surface area contributed by atoms with E-state index >= 15 is 0 Å². The van der Waals surface area contributed by atoms with E-state index < -0.39 is 6.23 Å². The standard InChI is InChI=1S/C17H23Cl2N5O2/c1-13(25)22-3-2-20-11-21-12-26-10-17-23-4-5-24(17)9-14-6-15(18)8-16(19)7-14/h4-8,12-13,20,22,25H,2-3,9-11H2,1H3/b21-12+. The van der Waals surface area contributed by atoms with Crippen molar-refractivity contribution < 1.29 is 9.84 Å². The van der Waals surface area contributed by atoms with Gasteiger partial charge in [0.2, 0.25) is 0 Å². The van der Waals surface area contributed by atoms with E-state index in [0.29, 0.717) is 43.0 Å². The second-order valence-electron chi connectivity index (χ2n) is 5.64. The molecule has 0 fully saturated rings. The molecule has 3 N–H and O–H groups in total. The zero-order valence-electron chi connectivity index (χ0n) is 14.5. The molecule has 2 aromatic rings. The minimum atomic E-state index is -0.504. The lowest BCUT2D eigenvalue weighted by molar-refractivity contribution is 0.157. The molecule has 2 rings (SSSR count). The number of benzene rings is 1. The van der Waals surface area contributed by atoms with Crippen LogP contribution in [-0.2, 0) is 17.9 Å². The van der Waals surface area contributed by atoms with Gasteiger partial charge in [0.1, 0.15) is 18.7 Å². The Morgan fingerprint density at radius 3 is 2.81 bits per heavy atom. The molecule has 0 saturated heterocycles. The van der Waals surface area contributed by atoms with Crippen LogP contribution in [0.3, 0.4) is 0 Å². The van der Waals surface area contributed by atoms with Crippen LogP contribution in [0.4, 0.5) is 0 Å². The van der Waals surface area contributed by atoms with Crippen LogP contribution in [0.2, 0.25) is 10.0 Å².